The number of hydrogen-bond acceptors (Lipinski definition) is 6. The van der Waals surface area contributed by atoms with Gasteiger partial charge < -0.3 is 0 Å². The number of rotatable bonds is 7. The van der Waals surface area contributed by atoms with Crippen molar-refractivity contribution in [2.45, 2.75) is 12.1 Å². The van der Waals surface area contributed by atoms with E-state index in [4.69, 9.17) is 0 Å². The van der Waals surface area contributed by atoms with Crippen LogP contribution in [-0.2, 0) is 4.79 Å². The Kier molecular flexibility index (Phi) is 6.36. The molecule has 150 valence electrons. The highest BCUT2D eigenvalue weighted by atomic mass is 32.2. The van der Waals surface area contributed by atoms with Gasteiger partial charge in [-0.3, -0.25) is 9.36 Å². The molecule has 2 aromatic heterocycles. The molecule has 0 fully saturated rings. The second-order valence-electron chi connectivity index (χ2n) is 6.44. The van der Waals surface area contributed by atoms with E-state index in [0.717, 1.165) is 22.0 Å². The molecule has 0 aliphatic carbocycles. The quantitative estimate of drug-likeness (QED) is 0.264. The third kappa shape index (κ3) is 4.84. The molecule has 0 spiro atoms. The average Bonchev–Trinajstić information content (AvgIpc) is 3.43. The van der Waals surface area contributed by atoms with Crippen molar-refractivity contribution in [3.63, 3.8) is 0 Å². The molecule has 2 aromatic carbocycles. The van der Waals surface area contributed by atoms with E-state index in [1.54, 1.807) is 17.6 Å². The minimum absolute atomic E-state index is 0.181. The molecule has 0 saturated heterocycles. The fourth-order valence-corrected chi connectivity index (χ4v) is 4.09. The van der Waals surface area contributed by atoms with Gasteiger partial charge >= 0.3 is 0 Å². The number of nitrogens with zero attached hydrogens (tertiary/aromatic N) is 4. The van der Waals surface area contributed by atoms with Crippen LogP contribution in [0.15, 0.2) is 82.4 Å². The summed E-state index contributed by atoms with van der Waals surface area (Å²) in [6.07, 6.45) is 1.63. The first-order chi connectivity index (χ1) is 14.7. The highest BCUT2D eigenvalue weighted by Crippen LogP contribution is 2.28. The van der Waals surface area contributed by atoms with Gasteiger partial charge in [-0.05, 0) is 30.5 Å². The molecule has 8 heteroatoms. The average molecular weight is 434 g/mol. The Morgan fingerprint density at radius 2 is 1.90 bits per heavy atom. The molecule has 6 nitrogen and oxygen atoms in total. The second kappa shape index (κ2) is 9.51. The van der Waals surface area contributed by atoms with Crippen molar-refractivity contribution in [1.82, 2.24) is 20.2 Å². The van der Waals surface area contributed by atoms with E-state index < -0.39 is 0 Å². The number of carbonyl (C=O) groups is 1. The third-order valence-electron chi connectivity index (χ3n) is 4.21. The van der Waals surface area contributed by atoms with Gasteiger partial charge in [0, 0.05) is 16.1 Å². The fourth-order valence-electron chi connectivity index (χ4n) is 2.76. The lowest BCUT2D eigenvalue weighted by molar-refractivity contribution is -0.118. The predicted molar refractivity (Wildman–Crippen MR) is 122 cm³/mol. The van der Waals surface area contributed by atoms with E-state index in [9.17, 15) is 4.79 Å². The monoisotopic (exact) mass is 433 g/mol. The van der Waals surface area contributed by atoms with Gasteiger partial charge in [0.2, 0.25) is 0 Å². The molecule has 1 amide bonds. The molecule has 0 saturated carbocycles. The molecule has 1 N–H and O–H groups in total. The maximum atomic E-state index is 12.2. The molecule has 4 aromatic rings. The van der Waals surface area contributed by atoms with Crippen LogP contribution in [-0.4, -0.2) is 32.6 Å². The molecule has 4 rings (SSSR count). The van der Waals surface area contributed by atoms with Crippen molar-refractivity contribution in [3.8, 4) is 17.1 Å². The zero-order chi connectivity index (χ0) is 20.8. The van der Waals surface area contributed by atoms with Crippen LogP contribution in [0.2, 0.25) is 0 Å². The fraction of sp³-hybridized carbons (Fsp3) is 0.0909. The summed E-state index contributed by atoms with van der Waals surface area (Å²) >= 11 is 2.88. The number of para-hydroxylation sites is 1. The van der Waals surface area contributed by atoms with E-state index in [-0.39, 0.29) is 11.7 Å². The molecular formula is C22H19N5OS2. The van der Waals surface area contributed by atoms with Gasteiger partial charge in [-0.25, -0.2) is 5.43 Å². The van der Waals surface area contributed by atoms with Crippen molar-refractivity contribution < 1.29 is 4.79 Å². The number of thioether (sulfide) groups is 1. The van der Waals surface area contributed by atoms with E-state index in [0.29, 0.717) is 5.16 Å². The molecule has 30 heavy (non-hydrogen) atoms. The number of carbonyl (C=O) groups excluding carboxylic acids is 1. The first-order valence-electron chi connectivity index (χ1n) is 9.27. The van der Waals surface area contributed by atoms with E-state index in [2.05, 4.69) is 20.7 Å². The Morgan fingerprint density at radius 1 is 1.10 bits per heavy atom. The van der Waals surface area contributed by atoms with Gasteiger partial charge in [-0.15, -0.1) is 21.5 Å². The lowest BCUT2D eigenvalue weighted by atomic mass is 10.1. The van der Waals surface area contributed by atoms with Crippen LogP contribution < -0.4 is 5.43 Å². The normalized spacial score (nSPS) is 11.1. The zero-order valence-corrected chi connectivity index (χ0v) is 17.9. The topological polar surface area (TPSA) is 72.2 Å². The lowest BCUT2D eigenvalue weighted by Crippen LogP contribution is -2.19. The highest BCUT2D eigenvalue weighted by Gasteiger charge is 2.17. The molecule has 0 aliphatic heterocycles. The number of nitrogens with one attached hydrogen (secondary N) is 1. The first-order valence-corrected chi connectivity index (χ1v) is 11.1. The Morgan fingerprint density at radius 3 is 2.63 bits per heavy atom. The van der Waals surface area contributed by atoms with E-state index >= 15 is 0 Å². The molecule has 2 heterocycles. The van der Waals surface area contributed by atoms with Gasteiger partial charge in [0.05, 0.1) is 12.0 Å². The van der Waals surface area contributed by atoms with Crippen LogP contribution in [0, 0.1) is 6.92 Å². The van der Waals surface area contributed by atoms with Crippen LogP contribution in [0.1, 0.15) is 10.4 Å². The highest BCUT2D eigenvalue weighted by molar-refractivity contribution is 7.99. The minimum Gasteiger partial charge on any atom is -0.272 e. The van der Waals surface area contributed by atoms with Crippen molar-refractivity contribution in [1.29, 1.82) is 0 Å². The number of amides is 1. The summed E-state index contributed by atoms with van der Waals surface area (Å²) in [5.41, 5.74) is 5.64. The maximum Gasteiger partial charge on any atom is 0.250 e. The van der Waals surface area contributed by atoms with Crippen LogP contribution in [0.25, 0.3) is 17.1 Å². The number of aryl methyl sites for hydroxylation is 1. The Balaban J connectivity index is 1.53. The SMILES string of the molecule is Cc1ccc(-c2nnc(SCC(=O)NN=Cc3cccs3)n2-c2ccccc2)cc1. The standard InChI is InChI=1S/C22H19N5OS2/c1-16-9-11-17(12-10-16)21-25-26-22(27(21)18-6-3-2-4-7-18)30-15-20(28)24-23-14-19-8-5-13-29-19/h2-14H,15H2,1H3,(H,24,28). The molecule has 0 atom stereocenters. The lowest BCUT2D eigenvalue weighted by Gasteiger charge is -2.10. The number of benzene rings is 2. The Bertz CT molecular complexity index is 1140. The number of hydrogen-bond donors (Lipinski definition) is 1. The second-order valence-corrected chi connectivity index (χ2v) is 8.36. The predicted octanol–water partition coefficient (Wildman–Crippen LogP) is 4.55. The van der Waals surface area contributed by atoms with E-state index in [1.165, 1.54) is 17.3 Å². The summed E-state index contributed by atoms with van der Waals surface area (Å²) < 4.78 is 1.97. The molecule has 0 radical (unpaired) electrons. The van der Waals surface area contributed by atoms with Crippen LogP contribution in [0.3, 0.4) is 0 Å². The van der Waals surface area contributed by atoms with Crippen molar-refractivity contribution in [3.05, 3.63) is 82.6 Å². The smallest absolute Gasteiger partial charge is 0.250 e. The van der Waals surface area contributed by atoms with Crippen LogP contribution in [0.5, 0.6) is 0 Å². The number of hydrazone groups is 1. The third-order valence-corrected chi connectivity index (χ3v) is 5.95. The Labute approximate surface area is 182 Å². The molecular weight excluding hydrogens is 414 g/mol. The molecule has 0 unspecified atom stereocenters. The molecule has 0 aliphatic rings. The summed E-state index contributed by atoms with van der Waals surface area (Å²) in [6.45, 7) is 2.05. The van der Waals surface area contributed by atoms with Crippen molar-refractivity contribution in [2.24, 2.45) is 5.10 Å². The van der Waals surface area contributed by atoms with Gasteiger partial charge in [0.1, 0.15) is 0 Å². The van der Waals surface area contributed by atoms with Crippen molar-refractivity contribution in [2.75, 3.05) is 5.75 Å². The van der Waals surface area contributed by atoms with Gasteiger partial charge in [-0.2, -0.15) is 5.10 Å². The maximum absolute atomic E-state index is 12.2. The van der Waals surface area contributed by atoms with E-state index in [1.807, 2.05) is 83.6 Å². The summed E-state index contributed by atoms with van der Waals surface area (Å²) in [6, 6.07) is 21.9. The van der Waals surface area contributed by atoms with Gasteiger partial charge in [0.15, 0.2) is 11.0 Å². The summed E-state index contributed by atoms with van der Waals surface area (Å²) in [5.74, 6) is 0.716. The first kappa shape index (κ1) is 20.1. The summed E-state index contributed by atoms with van der Waals surface area (Å²) in [4.78, 5) is 13.2. The molecule has 0 bridgehead atoms. The van der Waals surface area contributed by atoms with Crippen LogP contribution in [0.4, 0.5) is 0 Å². The summed E-state index contributed by atoms with van der Waals surface area (Å²) in [5, 5.41) is 15.3. The zero-order valence-electron chi connectivity index (χ0n) is 16.2. The van der Waals surface area contributed by atoms with Gasteiger partial charge in [0.25, 0.3) is 5.91 Å². The van der Waals surface area contributed by atoms with Gasteiger partial charge in [-0.1, -0.05) is 65.9 Å². The largest absolute Gasteiger partial charge is 0.272 e. The van der Waals surface area contributed by atoms with Crippen LogP contribution >= 0.6 is 23.1 Å². The Hall–Kier alpha value is -3.23. The number of aromatic nitrogens is 3. The summed E-state index contributed by atoms with van der Waals surface area (Å²) in [7, 11) is 0. The minimum atomic E-state index is -0.202. The van der Waals surface area contributed by atoms with Crippen molar-refractivity contribution >= 4 is 35.2 Å². The number of thiophene rings is 1.